The number of aromatic nitrogens is 2. The normalized spacial score (nSPS) is 10.5. The number of nitrogens with one attached hydrogen (secondary N) is 3. The molecular weight excluding hydrogens is 385 g/mol. The highest BCUT2D eigenvalue weighted by Gasteiger charge is 2.08. The minimum atomic E-state index is -0.420. The Morgan fingerprint density at radius 3 is 2.43 bits per heavy atom. The molecule has 0 radical (unpaired) electrons. The number of carbonyl (C=O) groups excluding carboxylic acids is 2. The van der Waals surface area contributed by atoms with Crippen LogP contribution in [0.3, 0.4) is 0 Å². The van der Waals surface area contributed by atoms with E-state index in [4.69, 9.17) is 0 Å². The average molecular weight is 409 g/mol. The molecule has 0 saturated heterocycles. The minimum absolute atomic E-state index is 0.247. The summed E-state index contributed by atoms with van der Waals surface area (Å²) in [5, 5.41) is 12.3. The zero-order valence-electron chi connectivity index (χ0n) is 16.7. The van der Waals surface area contributed by atoms with Crippen LogP contribution < -0.4 is 16.0 Å². The Hall–Kier alpha value is -3.68. The smallest absolute Gasteiger partial charge is 0.314 e. The largest absolute Gasteiger partial charge is 0.350 e. The number of rotatable bonds is 8. The number of halogens is 1. The van der Waals surface area contributed by atoms with Crippen LogP contribution in [0, 0.1) is 12.7 Å². The Balaban J connectivity index is 1.31. The zero-order chi connectivity index (χ0) is 21.3. The molecule has 3 rings (SSSR count). The highest BCUT2D eigenvalue weighted by Crippen LogP contribution is 2.09. The van der Waals surface area contributed by atoms with Gasteiger partial charge in [-0.15, -0.1) is 0 Å². The van der Waals surface area contributed by atoms with Crippen molar-refractivity contribution in [2.24, 2.45) is 0 Å². The fourth-order valence-corrected chi connectivity index (χ4v) is 2.81. The lowest BCUT2D eigenvalue weighted by Gasteiger charge is -2.09. The minimum Gasteiger partial charge on any atom is -0.350 e. The molecule has 2 aromatic carbocycles. The number of nitrogens with zero attached hydrogens (tertiary/aromatic N) is 2. The van der Waals surface area contributed by atoms with Crippen LogP contribution in [-0.2, 0) is 6.42 Å². The summed E-state index contributed by atoms with van der Waals surface area (Å²) in [5.74, 6) is -0.800. The molecule has 156 valence electrons. The van der Waals surface area contributed by atoms with Crippen molar-refractivity contribution in [2.45, 2.75) is 13.3 Å². The predicted octanol–water partition coefficient (Wildman–Crippen LogP) is 2.59. The Labute approximate surface area is 174 Å². The van der Waals surface area contributed by atoms with Gasteiger partial charge >= 0.3 is 6.03 Å². The van der Waals surface area contributed by atoms with Crippen LogP contribution in [0.2, 0.25) is 0 Å². The van der Waals surface area contributed by atoms with Gasteiger partial charge in [0.15, 0.2) is 0 Å². The van der Waals surface area contributed by atoms with Gasteiger partial charge in [0.2, 0.25) is 0 Å². The fraction of sp³-hybridized carbons (Fsp3) is 0.227. The second kappa shape index (κ2) is 10.2. The first-order chi connectivity index (χ1) is 14.5. The number of aryl methyl sites for hydroxylation is 1. The maximum atomic E-state index is 13.5. The van der Waals surface area contributed by atoms with Crippen molar-refractivity contribution in [1.29, 1.82) is 0 Å². The van der Waals surface area contributed by atoms with Crippen molar-refractivity contribution in [1.82, 2.24) is 25.7 Å². The summed E-state index contributed by atoms with van der Waals surface area (Å²) in [4.78, 5) is 23.8. The maximum absolute atomic E-state index is 13.5. The number of hydrogen-bond donors (Lipinski definition) is 3. The van der Waals surface area contributed by atoms with Gasteiger partial charge in [-0.25, -0.2) is 13.9 Å². The summed E-state index contributed by atoms with van der Waals surface area (Å²) in [5.41, 5.74) is 2.81. The van der Waals surface area contributed by atoms with Crippen molar-refractivity contribution in [3.05, 3.63) is 83.4 Å². The second-order valence-electron chi connectivity index (χ2n) is 6.77. The molecule has 0 aliphatic rings. The van der Waals surface area contributed by atoms with Gasteiger partial charge in [-0.2, -0.15) is 5.10 Å². The van der Waals surface area contributed by atoms with Crippen molar-refractivity contribution < 1.29 is 14.0 Å². The molecule has 0 bridgehead atoms. The molecule has 1 aromatic heterocycles. The third kappa shape index (κ3) is 5.91. The van der Waals surface area contributed by atoms with Gasteiger partial charge in [0.25, 0.3) is 5.91 Å². The van der Waals surface area contributed by atoms with E-state index >= 15 is 0 Å². The fourth-order valence-electron chi connectivity index (χ4n) is 2.81. The molecule has 8 heteroatoms. The van der Waals surface area contributed by atoms with E-state index in [9.17, 15) is 14.0 Å². The summed E-state index contributed by atoms with van der Waals surface area (Å²) in [6.45, 7) is 2.64. The Kier molecular flexibility index (Phi) is 7.15. The van der Waals surface area contributed by atoms with Gasteiger partial charge in [0.1, 0.15) is 5.82 Å². The van der Waals surface area contributed by atoms with Crippen LogP contribution >= 0.6 is 0 Å². The van der Waals surface area contributed by atoms with Crippen molar-refractivity contribution in [3.63, 3.8) is 0 Å². The molecule has 3 amide bonds. The van der Waals surface area contributed by atoms with Crippen LogP contribution in [0.5, 0.6) is 0 Å². The van der Waals surface area contributed by atoms with Gasteiger partial charge in [-0.05, 0) is 54.8 Å². The van der Waals surface area contributed by atoms with E-state index in [1.165, 1.54) is 6.07 Å². The first-order valence-electron chi connectivity index (χ1n) is 9.68. The van der Waals surface area contributed by atoms with Gasteiger partial charge in [-0.3, -0.25) is 4.79 Å². The zero-order valence-corrected chi connectivity index (χ0v) is 16.7. The van der Waals surface area contributed by atoms with E-state index in [1.54, 1.807) is 29.9 Å². The van der Waals surface area contributed by atoms with Crippen molar-refractivity contribution in [3.8, 4) is 5.69 Å². The number of hydrogen-bond acceptors (Lipinski definition) is 3. The predicted molar refractivity (Wildman–Crippen MR) is 112 cm³/mol. The molecule has 0 atom stereocenters. The van der Waals surface area contributed by atoms with Crippen LogP contribution in [0.4, 0.5) is 9.18 Å². The lowest BCUT2D eigenvalue weighted by molar-refractivity contribution is 0.0953. The van der Waals surface area contributed by atoms with Gasteiger partial charge in [0, 0.05) is 37.6 Å². The van der Waals surface area contributed by atoms with Crippen LogP contribution in [0.25, 0.3) is 5.69 Å². The highest BCUT2D eigenvalue weighted by atomic mass is 19.1. The second-order valence-corrected chi connectivity index (χ2v) is 6.77. The molecule has 0 aliphatic carbocycles. The Morgan fingerprint density at radius 1 is 1.00 bits per heavy atom. The third-order valence-electron chi connectivity index (χ3n) is 4.53. The van der Waals surface area contributed by atoms with Crippen LogP contribution in [0.1, 0.15) is 21.5 Å². The topological polar surface area (TPSA) is 88.0 Å². The first kappa shape index (κ1) is 21.0. The number of carbonyl (C=O) groups is 2. The lowest BCUT2D eigenvalue weighted by Crippen LogP contribution is -2.40. The van der Waals surface area contributed by atoms with E-state index in [-0.39, 0.29) is 30.6 Å². The molecule has 1 heterocycles. The molecule has 3 N–H and O–H groups in total. The van der Waals surface area contributed by atoms with E-state index in [2.05, 4.69) is 21.0 Å². The molecule has 0 fully saturated rings. The number of benzene rings is 2. The highest BCUT2D eigenvalue weighted by molar-refractivity contribution is 5.94. The molecular formula is C22H24FN5O2. The number of urea groups is 1. The molecule has 7 nitrogen and oxygen atoms in total. The number of amides is 3. The first-order valence-corrected chi connectivity index (χ1v) is 9.68. The molecule has 3 aromatic rings. The lowest BCUT2D eigenvalue weighted by atomic mass is 10.1. The summed E-state index contributed by atoms with van der Waals surface area (Å²) in [6, 6.07) is 13.8. The molecule has 0 saturated carbocycles. The van der Waals surface area contributed by atoms with Gasteiger partial charge in [-0.1, -0.05) is 18.2 Å². The standard InChI is InChI=1S/C22H24FN5O2/c1-16-3-6-18(15-20(16)23)21(29)24-12-13-26-22(30)25-11-9-17-4-7-19(8-5-17)28-14-2-10-27-28/h2-8,10,14-15H,9,11-13H2,1H3,(H,24,29)(H2,25,26,30). The monoisotopic (exact) mass is 409 g/mol. The van der Waals surface area contributed by atoms with E-state index in [0.717, 1.165) is 11.3 Å². The van der Waals surface area contributed by atoms with E-state index < -0.39 is 5.82 Å². The van der Waals surface area contributed by atoms with Crippen LogP contribution in [0.15, 0.2) is 60.9 Å². The molecule has 0 spiro atoms. The van der Waals surface area contributed by atoms with Gasteiger partial charge in [0.05, 0.1) is 5.69 Å². The van der Waals surface area contributed by atoms with Crippen molar-refractivity contribution >= 4 is 11.9 Å². The van der Waals surface area contributed by atoms with Crippen molar-refractivity contribution in [2.75, 3.05) is 19.6 Å². The van der Waals surface area contributed by atoms with E-state index in [1.807, 2.05) is 36.5 Å². The third-order valence-corrected chi connectivity index (χ3v) is 4.53. The SMILES string of the molecule is Cc1ccc(C(=O)NCCNC(=O)NCCc2ccc(-n3cccn3)cc2)cc1F. The van der Waals surface area contributed by atoms with E-state index in [0.29, 0.717) is 18.5 Å². The Bertz CT molecular complexity index is 987. The summed E-state index contributed by atoms with van der Waals surface area (Å²) >= 11 is 0. The molecule has 0 unspecified atom stereocenters. The maximum Gasteiger partial charge on any atom is 0.314 e. The summed E-state index contributed by atoms with van der Waals surface area (Å²) in [6.07, 6.45) is 4.30. The summed E-state index contributed by atoms with van der Waals surface area (Å²) in [7, 11) is 0. The Morgan fingerprint density at radius 2 is 1.73 bits per heavy atom. The van der Waals surface area contributed by atoms with Crippen LogP contribution in [-0.4, -0.2) is 41.4 Å². The molecule has 30 heavy (non-hydrogen) atoms. The quantitative estimate of drug-likeness (QED) is 0.500. The van der Waals surface area contributed by atoms with Gasteiger partial charge < -0.3 is 16.0 Å². The average Bonchev–Trinajstić information content (AvgIpc) is 3.28. The molecule has 0 aliphatic heterocycles. The summed E-state index contributed by atoms with van der Waals surface area (Å²) < 4.78 is 15.3.